The minimum Gasteiger partial charge on any atom is -0.273 e. The molecule has 84 valence electrons. The lowest BCUT2D eigenvalue weighted by Gasteiger charge is -2.12. The van der Waals surface area contributed by atoms with Gasteiger partial charge in [-0.3, -0.25) is 14.5 Å². The second-order valence-electron chi connectivity index (χ2n) is 3.28. The van der Waals surface area contributed by atoms with Crippen molar-refractivity contribution in [3.8, 4) is 0 Å². The van der Waals surface area contributed by atoms with Gasteiger partial charge in [0.1, 0.15) is 0 Å². The van der Waals surface area contributed by atoms with Crippen molar-refractivity contribution in [1.82, 2.24) is 4.90 Å². The quantitative estimate of drug-likeness (QED) is 0.832. The van der Waals surface area contributed by atoms with Crippen LogP contribution in [0.5, 0.6) is 0 Å². The van der Waals surface area contributed by atoms with E-state index in [4.69, 9.17) is 23.2 Å². The lowest BCUT2D eigenvalue weighted by molar-refractivity contribution is -0.125. The maximum atomic E-state index is 11.4. The highest BCUT2D eigenvalue weighted by Gasteiger charge is 2.29. The highest BCUT2D eigenvalue weighted by Crippen LogP contribution is 2.25. The van der Waals surface area contributed by atoms with Crippen molar-refractivity contribution in [2.75, 3.05) is 5.75 Å². The number of nitrogens with zero attached hydrogens (tertiary/aromatic N) is 1. The number of rotatable bonds is 2. The predicted molar refractivity (Wildman–Crippen MR) is 64.9 cm³/mol. The van der Waals surface area contributed by atoms with Crippen LogP contribution >= 0.6 is 35.0 Å². The number of halogens is 2. The SMILES string of the molecule is O=C1CSC(=O)N1Cc1ccc(Cl)c(Cl)c1. The molecule has 0 radical (unpaired) electrons. The van der Waals surface area contributed by atoms with Gasteiger partial charge in [-0.15, -0.1) is 0 Å². The third-order valence-electron chi connectivity index (χ3n) is 2.17. The Morgan fingerprint density at radius 3 is 2.56 bits per heavy atom. The molecule has 2 amide bonds. The summed E-state index contributed by atoms with van der Waals surface area (Å²) in [4.78, 5) is 23.9. The van der Waals surface area contributed by atoms with E-state index >= 15 is 0 Å². The Balaban J connectivity index is 2.17. The first-order chi connectivity index (χ1) is 7.58. The summed E-state index contributed by atoms with van der Waals surface area (Å²) >= 11 is 12.6. The van der Waals surface area contributed by atoms with Crippen molar-refractivity contribution in [3.05, 3.63) is 33.8 Å². The molecule has 6 heteroatoms. The summed E-state index contributed by atoms with van der Waals surface area (Å²) in [6.07, 6.45) is 0. The average molecular weight is 276 g/mol. The first-order valence-electron chi connectivity index (χ1n) is 4.49. The molecule has 0 N–H and O–H groups in total. The molecule has 16 heavy (non-hydrogen) atoms. The molecule has 1 aliphatic rings. The number of benzene rings is 1. The number of thioether (sulfide) groups is 1. The first kappa shape index (κ1) is 11.8. The van der Waals surface area contributed by atoms with Crippen LogP contribution in [-0.2, 0) is 11.3 Å². The van der Waals surface area contributed by atoms with Crippen LogP contribution in [0.4, 0.5) is 4.79 Å². The number of carbonyl (C=O) groups excluding carboxylic acids is 2. The van der Waals surface area contributed by atoms with Crippen molar-refractivity contribution in [3.63, 3.8) is 0 Å². The second kappa shape index (κ2) is 4.65. The van der Waals surface area contributed by atoms with Gasteiger partial charge in [0.15, 0.2) is 0 Å². The van der Waals surface area contributed by atoms with E-state index in [9.17, 15) is 9.59 Å². The number of amides is 2. The van der Waals surface area contributed by atoms with E-state index in [1.54, 1.807) is 18.2 Å². The zero-order chi connectivity index (χ0) is 11.7. The summed E-state index contributed by atoms with van der Waals surface area (Å²) in [6, 6.07) is 5.06. The van der Waals surface area contributed by atoms with Gasteiger partial charge in [0.25, 0.3) is 5.24 Å². The highest BCUT2D eigenvalue weighted by molar-refractivity contribution is 8.14. The third-order valence-corrected chi connectivity index (χ3v) is 3.76. The molecule has 3 nitrogen and oxygen atoms in total. The van der Waals surface area contributed by atoms with Gasteiger partial charge >= 0.3 is 0 Å². The highest BCUT2D eigenvalue weighted by atomic mass is 35.5. The van der Waals surface area contributed by atoms with Gasteiger partial charge < -0.3 is 0 Å². The minimum absolute atomic E-state index is 0.166. The summed E-state index contributed by atoms with van der Waals surface area (Å²) in [5.41, 5.74) is 0.790. The standard InChI is InChI=1S/C10H7Cl2NO2S/c11-7-2-1-6(3-8(7)12)4-13-9(14)5-16-10(13)15/h1-3H,4-5H2. The van der Waals surface area contributed by atoms with Gasteiger partial charge in [0.2, 0.25) is 5.91 Å². The van der Waals surface area contributed by atoms with E-state index in [1.807, 2.05) is 0 Å². The smallest absolute Gasteiger partial charge is 0.273 e. The summed E-state index contributed by atoms with van der Waals surface area (Å²) < 4.78 is 0. The van der Waals surface area contributed by atoms with Crippen LogP contribution in [0.15, 0.2) is 18.2 Å². The minimum atomic E-state index is -0.212. The lowest BCUT2D eigenvalue weighted by Crippen LogP contribution is -2.27. The average Bonchev–Trinajstić information content (AvgIpc) is 2.55. The van der Waals surface area contributed by atoms with E-state index < -0.39 is 0 Å². The molecule has 0 unspecified atom stereocenters. The third kappa shape index (κ3) is 2.34. The summed E-state index contributed by atoms with van der Waals surface area (Å²) in [5, 5.41) is 0.667. The van der Waals surface area contributed by atoms with E-state index in [0.717, 1.165) is 17.3 Å². The van der Waals surface area contributed by atoms with Gasteiger partial charge in [0.05, 0.1) is 22.3 Å². The van der Waals surface area contributed by atoms with Crippen LogP contribution in [0, 0.1) is 0 Å². The molecule has 1 aliphatic heterocycles. The van der Waals surface area contributed by atoms with Gasteiger partial charge in [-0.05, 0) is 17.7 Å². The molecule has 1 aromatic carbocycles. The van der Waals surface area contributed by atoms with Crippen LogP contribution in [-0.4, -0.2) is 21.8 Å². The molecule has 2 rings (SSSR count). The number of hydrogen-bond acceptors (Lipinski definition) is 3. The molecule has 0 atom stereocenters. The summed E-state index contributed by atoms with van der Waals surface area (Å²) in [6.45, 7) is 0.252. The topological polar surface area (TPSA) is 37.4 Å². The Morgan fingerprint density at radius 1 is 1.25 bits per heavy atom. The summed E-state index contributed by atoms with van der Waals surface area (Å²) in [7, 11) is 0. The summed E-state index contributed by atoms with van der Waals surface area (Å²) in [5.74, 6) is 0.0567. The Kier molecular flexibility index (Phi) is 3.42. The normalized spacial score (nSPS) is 16.0. The molecule has 1 saturated heterocycles. The van der Waals surface area contributed by atoms with Gasteiger partial charge in [-0.25, -0.2) is 0 Å². The zero-order valence-corrected chi connectivity index (χ0v) is 10.4. The molecule has 0 saturated carbocycles. The van der Waals surface area contributed by atoms with Crippen molar-refractivity contribution in [2.45, 2.75) is 6.54 Å². The van der Waals surface area contributed by atoms with Crippen LogP contribution < -0.4 is 0 Å². The Labute approximate surface area is 107 Å². The Morgan fingerprint density at radius 2 is 2.00 bits per heavy atom. The molecule has 1 fully saturated rings. The molecular formula is C10H7Cl2NO2S. The van der Waals surface area contributed by atoms with Crippen LogP contribution in [0.1, 0.15) is 5.56 Å². The maximum Gasteiger partial charge on any atom is 0.289 e. The van der Waals surface area contributed by atoms with E-state index in [0.29, 0.717) is 10.0 Å². The van der Waals surface area contributed by atoms with Crippen molar-refractivity contribution in [1.29, 1.82) is 0 Å². The van der Waals surface area contributed by atoms with E-state index in [1.165, 1.54) is 4.90 Å². The number of imide groups is 1. The second-order valence-corrected chi connectivity index (χ2v) is 5.02. The Hall–Kier alpha value is -0.710. The van der Waals surface area contributed by atoms with Crippen molar-refractivity contribution >= 4 is 46.1 Å². The fraction of sp³-hybridized carbons (Fsp3) is 0.200. The molecule has 0 aromatic heterocycles. The van der Waals surface area contributed by atoms with Gasteiger partial charge in [-0.2, -0.15) is 0 Å². The lowest BCUT2D eigenvalue weighted by atomic mass is 10.2. The van der Waals surface area contributed by atoms with Crippen LogP contribution in [0.25, 0.3) is 0 Å². The van der Waals surface area contributed by atoms with E-state index in [-0.39, 0.29) is 23.4 Å². The monoisotopic (exact) mass is 275 g/mol. The van der Waals surface area contributed by atoms with Crippen LogP contribution in [0.3, 0.4) is 0 Å². The predicted octanol–water partition coefficient (Wildman–Crippen LogP) is 3.19. The number of carbonyl (C=O) groups is 2. The fourth-order valence-electron chi connectivity index (χ4n) is 1.35. The molecule has 0 aliphatic carbocycles. The van der Waals surface area contributed by atoms with Crippen molar-refractivity contribution in [2.24, 2.45) is 0 Å². The molecule has 0 bridgehead atoms. The first-order valence-corrected chi connectivity index (χ1v) is 6.23. The molecule has 1 aromatic rings. The molecular weight excluding hydrogens is 269 g/mol. The molecule has 1 heterocycles. The number of hydrogen-bond donors (Lipinski definition) is 0. The maximum absolute atomic E-state index is 11.4. The molecule has 0 spiro atoms. The van der Waals surface area contributed by atoms with Crippen molar-refractivity contribution < 1.29 is 9.59 Å². The zero-order valence-electron chi connectivity index (χ0n) is 8.07. The Bertz CT molecular complexity index is 448. The van der Waals surface area contributed by atoms with Gasteiger partial charge in [-0.1, -0.05) is 41.0 Å². The van der Waals surface area contributed by atoms with E-state index in [2.05, 4.69) is 0 Å². The fourth-order valence-corrected chi connectivity index (χ4v) is 2.40. The largest absolute Gasteiger partial charge is 0.289 e. The van der Waals surface area contributed by atoms with Crippen LogP contribution in [0.2, 0.25) is 10.0 Å². The van der Waals surface area contributed by atoms with Gasteiger partial charge in [0, 0.05) is 0 Å².